The Balaban J connectivity index is 1.81. The van der Waals surface area contributed by atoms with E-state index in [1.54, 1.807) is 22.8 Å². The van der Waals surface area contributed by atoms with E-state index in [0.717, 1.165) is 21.8 Å². The van der Waals surface area contributed by atoms with Gasteiger partial charge in [0.15, 0.2) is 0 Å². The lowest BCUT2D eigenvalue weighted by molar-refractivity contribution is 0.0789. The van der Waals surface area contributed by atoms with E-state index in [-0.39, 0.29) is 5.91 Å². The van der Waals surface area contributed by atoms with E-state index in [1.807, 2.05) is 50.5 Å². The molecule has 5 nitrogen and oxygen atoms in total. The van der Waals surface area contributed by atoms with Gasteiger partial charge in [-0.15, -0.1) is 11.3 Å². The van der Waals surface area contributed by atoms with E-state index in [4.69, 9.17) is 0 Å². The van der Waals surface area contributed by atoms with Gasteiger partial charge < -0.3 is 4.90 Å². The number of rotatable bonds is 4. The van der Waals surface area contributed by atoms with Crippen LogP contribution in [-0.2, 0) is 13.6 Å². The van der Waals surface area contributed by atoms with Crippen LogP contribution in [0.15, 0.2) is 42.7 Å². The summed E-state index contributed by atoms with van der Waals surface area (Å²) < 4.78 is 1.74. The number of carbonyl (C=O) groups excluding carboxylic acids is 1. The van der Waals surface area contributed by atoms with Crippen molar-refractivity contribution in [3.63, 3.8) is 0 Å². The zero-order valence-corrected chi connectivity index (χ0v) is 14.2. The molecule has 1 amide bonds. The molecule has 118 valence electrons. The first-order valence-electron chi connectivity index (χ1n) is 7.30. The van der Waals surface area contributed by atoms with E-state index < -0.39 is 0 Å². The first-order chi connectivity index (χ1) is 11.0. The molecule has 2 heterocycles. The van der Waals surface area contributed by atoms with Gasteiger partial charge in [-0.25, -0.2) is 4.98 Å². The predicted molar refractivity (Wildman–Crippen MR) is 91.3 cm³/mol. The highest BCUT2D eigenvalue weighted by atomic mass is 32.1. The number of hydrogen-bond donors (Lipinski definition) is 0. The van der Waals surface area contributed by atoms with Gasteiger partial charge in [-0.1, -0.05) is 30.3 Å². The lowest BCUT2D eigenvalue weighted by atomic mass is 10.2. The largest absolute Gasteiger partial charge is 0.337 e. The zero-order valence-electron chi connectivity index (χ0n) is 13.4. The summed E-state index contributed by atoms with van der Waals surface area (Å²) in [6.45, 7) is 2.42. The molecule has 0 saturated heterocycles. The van der Waals surface area contributed by atoms with Crippen molar-refractivity contribution in [2.24, 2.45) is 7.05 Å². The fraction of sp³-hybridized carbons (Fsp3) is 0.235. The first-order valence-corrected chi connectivity index (χ1v) is 8.12. The van der Waals surface area contributed by atoms with Crippen LogP contribution in [0, 0.1) is 6.92 Å². The molecule has 23 heavy (non-hydrogen) atoms. The van der Waals surface area contributed by atoms with Crippen LogP contribution < -0.4 is 0 Å². The molecule has 0 unspecified atom stereocenters. The molecule has 2 aromatic heterocycles. The Hall–Kier alpha value is -2.47. The minimum atomic E-state index is -0.00830. The summed E-state index contributed by atoms with van der Waals surface area (Å²) in [5.41, 5.74) is 2.82. The maximum atomic E-state index is 12.7. The van der Waals surface area contributed by atoms with E-state index >= 15 is 0 Å². The number of carbonyl (C=O) groups is 1. The fourth-order valence-electron chi connectivity index (χ4n) is 2.37. The normalized spacial score (nSPS) is 10.7. The van der Waals surface area contributed by atoms with Gasteiger partial charge in [-0.2, -0.15) is 5.10 Å². The lowest BCUT2D eigenvalue weighted by Gasteiger charge is -2.15. The van der Waals surface area contributed by atoms with Crippen molar-refractivity contribution in [1.82, 2.24) is 19.7 Å². The van der Waals surface area contributed by atoms with E-state index in [0.29, 0.717) is 11.4 Å². The number of nitrogens with zero attached hydrogens (tertiary/aromatic N) is 4. The van der Waals surface area contributed by atoms with Crippen molar-refractivity contribution in [2.75, 3.05) is 7.05 Å². The molecular weight excluding hydrogens is 308 g/mol. The molecule has 0 aliphatic heterocycles. The quantitative estimate of drug-likeness (QED) is 0.740. The van der Waals surface area contributed by atoms with Gasteiger partial charge in [0.1, 0.15) is 9.88 Å². The second-order valence-electron chi connectivity index (χ2n) is 5.48. The highest BCUT2D eigenvalue weighted by Crippen LogP contribution is 2.28. The molecule has 3 rings (SSSR count). The van der Waals surface area contributed by atoms with Crippen molar-refractivity contribution in [1.29, 1.82) is 0 Å². The van der Waals surface area contributed by atoms with Gasteiger partial charge >= 0.3 is 0 Å². The Morgan fingerprint density at radius 3 is 2.70 bits per heavy atom. The second kappa shape index (κ2) is 6.34. The fourth-order valence-corrected chi connectivity index (χ4v) is 3.44. The standard InChI is InChI=1S/C17H18N4OS/c1-12-15(23-16(19-12)14-7-5-4-6-8-14)17(22)20(2)10-13-9-18-21(3)11-13/h4-9,11H,10H2,1-3H3. The average Bonchev–Trinajstić information content (AvgIpc) is 3.13. The highest BCUT2D eigenvalue weighted by molar-refractivity contribution is 7.17. The van der Waals surface area contributed by atoms with Crippen LogP contribution in [0.1, 0.15) is 20.9 Å². The maximum absolute atomic E-state index is 12.7. The van der Waals surface area contributed by atoms with Crippen molar-refractivity contribution in [3.05, 3.63) is 58.9 Å². The number of aromatic nitrogens is 3. The van der Waals surface area contributed by atoms with Crippen LogP contribution >= 0.6 is 11.3 Å². The van der Waals surface area contributed by atoms with Crippen LogP contribution in [0.25, 0.3) is 10.6 Å². The van der Waals surface area contributed by atoms with Crippen molar-refractivity contribution >= 4 is 17.2 Å². The monoisotopic (exact) mass is 326 g/mol. The second-order valence-corrected chi connectivity index (χ2v) is 6.48. The third kappa shape index (κ3) is 3.32. The number of aryl methyl sites for hydroxylation is 2. The summed E-state index contributed by atoms with van der Waals surface area (Å²) in [6, 6.07) is 9.93. The van der Waals surface area contributed by atoms with Crippen molar-refractivity contribution in [3.8, 4) is 10.6 Å². The summed E-state index contributed by atoms with van der Waals surface area (Å²) in [7, 11) is 3.67. The third-order valence-corrected chi connectivity index (χ3v) is 4.73. The van der Waals surface area contributed by atoms with Crippen LogP contribution in [0.5, 0.6) is 0 Å². The van der Waals surface area contributed by atoms with Crippen LogP contribution in [0.2, 0.25) is 0 Å². The minimum Gasteiger partial charge on any atom is -0.337 e. The highest BCUT2D eigenvalue weighted by Gasteiger charge is 2.20. The summed E-state index contributed by atoms with van der Waals surface area (Å²) in [5.74, 6) is -0.00830. The average molecular weight is 326 g/mol. The number of amides is 1. The van der Waals surface area contributed by atoms with Crippen LogP contribution in [0.4, 0.5) is 0 Å². The molecule has 1 aromatic carbocycles. The van der Waals surface area contributed by atoms with Gasteiger partial charge in [0.25, 0.3) is 5.91 Å². The van der Waals surface area contributed by atoms with Crippen LogP contribution in [0.3, 0.4) is 0 Å². The Bertz CT molecular complexity index is 822. The molecule has 0 aliphatic carbocycles. The smallest absolute Gasteiger partial charge is 0.265 e. The van der Waals surface area contributed by atoms with Gasteiger partial charge in [0, 0.05) is 38.0 Å². The van der Waals surface area contributed by atoms with Crippen molar-refractivity contribution in [2.45, 2.75) is 13.5 Å². The molecule has 0 fully saturated rings. The lowest BCUT2D eigenvalue weighted by Crippen LogP contribution is -2.25. The number of hydrogen-bond acceptors (Lipinski definition) is 4. The Labute approximate surface area is 139 Å². The van der Waals surface area contributed by atoms with E-state index in [1.165, 1.54) is 11.3 Å². The van der Waals surface area contributed by atoms with Crippen LogP contribution in [-0.4, -0.2) is 32.6 Å². The molecule has 0 N–H and O–H groups in total. The molecular formula is C17H18N4OS. The summed E-state index contributed by atoms with van der Waals surface area (Å²) in [6.07, 6.45) is 3.69. The number of benzene rings is 1. The van der Waals surface area contributed by atoms with E-state index in [2.05, 4.69) is 10.1 Å². The Kier molecular flexibility index (Phi) is 4.25. The summed E-state index contributed by atoms with van der Waals surface area (Å²) in [4.78, 5) is 19.6. The molecule has 0 bridgehead atoms. The zero-order chi connectivity index (χ0) is 16.4. The summed E-state index contributed by atoms with van der Waals surface area (Å²) in [5, 5.41) is 5.01. The predicted octanol–water partition coefficient (Wildman–Crippen LogP) is 3.12. The summed E-state index contributed by atoms with van der Waals surface area (Å²) >= 11 is 1.44. The Morgan fingerprint density at radius 2 is 2.04 bits per heavy atom. The maximum Gasteiger partial charge on any atom is 0.265 e. The molecule has 3 aromatic rings. The van der Waals surface area contributed by atoms with Gasteiger partial charge in [-0.05, 0) is 6.92 Å². The van der Waals surface area contributed by atoms with E-state index in [9.17, 15) is 4.79 Å². The SMILES string of the molecule is Cc1nc(-c2ccccc2)sc1C(=O)N(C)Cc1cnn(C)c1. The molecule has 0 radical (unpaired) electrons. The molecule has 0 spiro atoms. The number of thiazole rings is 1. The molecule has 0 saturated carbocycles. The minimum absolute atomic E-state index is 0.00830. The van der Waals surface area contributed by atoms with Crippen molar-refractivity contribution < 1.29 is 4.79 Å². The molecule has 0 atom stereocenters. The topological polar surface area (TPSA) is 51.0 Å². The van der Waals surface area contributed by atoms with Gasteiger partial charge in [0.05, 0.1) is 11.9 Å². The molecule has 0 aliphatic rings. The molecule has 6 heteroatoms. The van der Waals surface area contributed by atoms with Gasteiger partial charge in [-0.3, -0.25) is 9.48 Å². The Morgan fingerprint density at radius 1 is 1.30 bits per heavy atom. The third-order valence-electron chi connectivity index (χ3n) is 3.54. The first kappa shape index (κ1) is 15.4. The van der Waals surface area contributed by atoms with Gasteiger partial charge in [0.2, 0.25) is 0 Å².